The van der Waals surface area contributed by atoms with Crippen LogP contribution in [0.2, 0.25) is 0 Å². The van der Waals surface area contributed by atoms with E-state index in [1.807, 2.05) is 12.1 Å². The van der Waals surface area contributed by atoms with E-state index in [0.29, 0.717) is 0 Å². The van der Waals surface area contributed by atoms with Gasteiger partial charge in [0.15, 0.2) is 0 Å². The highest BCUT2D eigenvalue weighted by Gasteiger charge is 2.04. The summed E-state index contributed by atoms with van der Waals surface area (Å²) in [5.41, 5.74) is 0.882. The maximum absolute atomic E-state index is 4.11. The minimum Gasteiger partial charge on any atom is -0.300 e. The van der Waals surface area contributed by atoms with E-state index in [9.17, 15) is 0 Å². The van der Waals surface area contributed by atoms with Crippen molar-refractivity contribution in [3.8, 4) is 0 Å². The van der Waals surface area contributed by atoms with Crippen LogP contribution in [0.25, 0.3) is 6.08 Å². The van der Waals surface area contributed by atoms with Crippen molar-refractivity contribution in [2.24, 2.45) is 15.4 Å². The van der Waals surface area contributed by atoms with E-state index in [4.69, 9.17) is 0 Å². The molecule has 1 aliphatic heterocycles. The van der Waals surface area contributed by atoms with Gasteiger partial charge in [-0.2, -0.15) is 0 Å². The molecule has 20 heavy (non-hydrogen) atoms. The topological polar surface area (TPSA) is 40.3 Å². The number of benzene rings is 1. The van der Waals surface area contributed by atoms with Gasteiger partial charge < -0.3 is 0 Å². The smallest absolute Gasteiger partial charge is 0.122 e. The van der Waals surface area contributed by atoms with Crippen LogP contribution in [0, 0.1) is 0 Å². The molecule has 0 radical (unpaired) electrons. The summed E-state index contributed by atoms with van der Waals surface area (Å²) in [4.78, 5) is 2.52. The minimum absolute atomic E-state index is 0.882. The molecule has 1 aromatic carbocycles. The third kappa shape index (κ3) is 3.97. The number of nitrogens with zero attached hydrogens (tertiary/aromatic N) is 4. The number of rotatable bonds is 8. The Morgan fingerprint density at radius 3 is 2.55 bits per heavy atom. The molecule has 1 heterocycles. The average molecular weight is 272 g/mol. The van der Waals surface area contributed by atoms with Gasteiger partial charge in [-0.3, -0.25) is 4.90 Å². The van der Waals surface area contributed by atoms with Gasteiger partial charge in [-0.25, -0.2) is 0 Å². The molecule has 108 valence electrons. The summed E-state index contributed by atoms with van der Waals surface area (Å²) in [6.45, 7) is 7.81. The SMILES string of the molecule is CCCCN(CC=c1cccc2c1=NN=N2)CCCC. The zero-order valence-electron chi connectivity index (χ0n) is 12.5. The normalized spacial score (nSPS) is 13.8. The van der Waals surface area contributed by atoms with Gasteiger partial charge in [0.1, 0.15) is 11.0 Å². The van der Waals surface area contributed by atoms with Gasteiger partial charge in [0.25, 0.3) is 0 Å². The maximum Gasteiger partial charge on any atom is 0.122 e. The molecular weight excluding hydrogens is 248 g/mol. The molecule has 0 atom stereocenters. The fourth-order valence-corrected chi connectivity index (χ4v) is 2.30. The van der Waals surface area contributed by atoms with Crippen LogP contribution in [0.5, 0.6) is 0 Å². The summed E-state index contributed by atoms with van der Waals surface area (Å²) >= 11 is 0. The van der Waals surface area contributed by atoms with Gasteiger partial charge >= 0.3 is 0 Å². The van der Waals surface area contributed by atoms with Crippen molar-refractivity contribution in [3.63, 3.8) is 0 Å². The zero-order valence-corrected chi connectivity index (χ0v) is 12.5. The first-order chi connectivity index (χ1) is 9.85. The first-order valence-corrected chi connectivity index (χ1v) is 7.65. The summed E-state index contributed by atoms with van der Waals surface area (Å²) in [7, 11) is 0. The molecule has 4 nitrogen and oxygen atoms in total. The Morgan fingerprint density at radius 1 is 1.10 bits per heavy atom. The van der Waals surface area contributed by atoms with Crippen molar-refractivity contribution in [2.75, 3.05) is 19.6 Å². The van der Waals surface area contributed by atoms with E-state index in [2.05, 4.69) is 46.3 Å². The molecule has 0 spiro atoms. The molecule has 4 heteroatoms. The highest BCUT2D eigenvalue weighted by Crippen LogP contribution is 2.06. The molecule has 0 fully saturated rings. The first-order valence-electron chi connectivity index (χ1n) is 7.65. The van der Waals surface area contributed by atoms with Gasteiger partial charge in [-0.15, -0.1) is 10.2 Å². The second-order valence-electron chi connectivity index (χ2n) is 5.22. The summed E-state index contributed by atoms with van der Waals surface area (Å²) in [5.74, 6) is 0. The molecule has 0 aliphatic carbocycles. The molecule has 0 amide bonds. The fraction of sp³-hybridized carbons (Fsp3) is 0.562. The van der Waals surface area contributed by atoms with Gasteiger partial charge in [0, 0.05) is 11.8 Å². The van der Waals surface area contributed by atoms with Gasteiger partial charge in [-0.1, -0.05) is 44.9 Å². The minimum atomic E-state index is 0.882. The van der Waals surface area contributed by atoms with E-state index in [-0.39, 0.29) is 0 Å². The van der Waals surface area contributed by atoms with Gasteiger partial charge in [0.2, 0.25) is 0 Å². The number of hydrogen-bond donors (Lipinski definition) is 0. The fourth-order valence-electron chi connectivity index (χ4n) is 2.30. The Labute approximate surface area is 120 Å². The monoisotopic (exact) mass is 272 g/mol. The lowest BCUT2D eigenvalue weighted by Gasteiger charge is -2.19. The quantitative estimate of drug-likeness (QED) is 0.717. The van der Waals surface area contributed by atoms with Crippen molar-refractivity contribution in [1.82, 2.24) is 4.90 Å². The highest BCUT2D eigenvalue weighted by atomic mass is 15.4. The van der Waals surface area contributed by atoms with E-state index >= 15 is 0 Å². The zero-order chi connectivity index (χ0) is 14.2. The van der Waals surface area contributed by atoms with Crippen LogP contribution in [-0.4, -0.2) is 24.5 Å². The van der Waals surface area contributed by atoms with Crippen LogP contribution in [-0.2, 0) is 0 Å². The number of hydrogen-bond acceptors (Lipinski definition) is 4. The second kappa shape index (κ2) is 7.90. The molecular formula is C16H24N4. The molecule has 0 bridgehead atoms. The van der Waals surface area contributed by atoms with E-state index in [1.165, 1.54) is 38.8 Å². The van der Waals surface area contributed by atoms with Crippen LogP contribution in [0.1, 0.15) is 39.5 Å². The van der Waals surface area contributed by atoms with Gasteiger partial charge in [0.05, 0.1) is 0 Å². The lowest BCUT2D eigenvalue weighted by atomic mass is 10.2. The van der Waals surface area contributed by atoms with Crippen molar-refractivity contribution < 1.29 is 0 Å². The Hall–Kier alpha value is -1.55. The van der Waals surface area contributed by atoms with Crippen molar-refractivity contribution in [2.45, 2.75) is 39.5 Å². The summed E-state index contributed by atoms with van der Waals surface area (Å²) in [5, 5.41) is 13.9. The number of fused-ring (bicyclic) bond motifs is 1. The molecule has 2 rings (SSSR count). The standard InChI is InChI=1S/C16H24N4/c1-3-5-11-20(12-6-4-2)13-10-14-8-7-9-15-16(14)18-19-17-15/h7-10H,3-6,11-13H2,1-2H3. The Bertz CT molecular complexity index is 554. The summed E-state index contributed by atoms with van der Waals surface area (Å²) < 4.78 is 0. The van der Waals surface area contributed by atoms with E-state index < -0.39 is 0 Å². The Balaban J connectivity index is 2.08. The number of unbranched alkanes of at least 4 members (excludes halogenated alkanes) is 2. The third-order valence-electron chi connectivity index (χ3n) is 3.57. The first kappa shape index (κ1) is 14.9. The Kier molecular flexibility index (Phi) is 5.87. The van der Waals surface area contributed by atoms with Crippen LogP contribution in [0.15, 0.2) is 33.6 Å². The van der Waals surface area contributed by atoms with Crippen LogP contribution < -0.4 is 10.6 Å². The maximum atomic E-state index is 4.11. The molecule has 0 aromatic heterocycles. The van der Waals surface area contributed by atoms with Crippen LogP contribution in [0.4, 0.5) is 5.69 Å². The van der Waals surface area contributed by atoms with Crippen LogP contribution >= 0.6 is 0 Å². The Morgan fingerprint density at radius 2 is 1.85 bits per heavy atom. The summed E-state index contributed by atoms with van der Waals surface area (Å²) in [6.07, 6.45) is 7.27. The lowest BCUT2D eigenvalue weighted by molar-refractivity contribution is 0.299. The third-order valence-corrected chi connectivity index (χ3v) is 3.57. The molecule has 1 aromatic rings. The largest absolute Gasteiger partial charge is 0.300 e. The van der Waals surface area contributed by atoms with Gasteiger partial charge in [-0.05, 0) is 37.2 Å². The molecule has 0 saturated carbocycles. The summed E-state index contributed by atoms with van der Waals surface area (Å²) in [6, 6.07) is 6.07. The van der Waals surface area contributed by atoms with E-state index in [0.717, 1.165) is 22.8 Å². The van der Waals surface area contributed by atoms with Crippen molar-refractivity contribution >= 4 is 11.8 Å². The van der Waals surface area contributed by atoms with Crippen LogP contribution in [0.3, 0.4) is 0 Å². The predicted molar refractivity (Wildman–Crippen MR) is 82.5 cm³/mol. The molecule has 0 unspecified atom stereocenters. The highest BCUT2D eigenvalue weighted by molar-refractivity contribution is 5.40. The molecule has 0 N–H and O–H groups in total. The van der Waals surface area contributed by atoms with Crippen molar-refractivity contribution in [3.05, 3.63) is 28.8 Å². The predicted octanol–water partition coefficient (Wildman–Crippen LogP) is 3.00. The van der Waals surface area contributed by atoms with E-state index in [1.54, 1.807) is 0 Å². The second-order valence-corrected chi connectivity index (χ2v) is 5.22. The average Bonchev–Trinajstić information content (AvgIpc) is 2.95. The lowest BCUT2D eigenvalue weighted by Crippen LogP contribution is -2.30. The van der Waals surface area contributed by atoms with Crippen molar-refractivity contribution in [1.29, 1.82) is 0 Å². The molecule has 0 saturated heterocycles. The molecule has 1 aliphatic rings.